The van der Waals surface area contributed by atoms with E-state index >= 15 is 0 Å². The van der Waals surface area contributed by atoms with Crippen LogP contribution in [-0.4, -0.2) is 57.5 Å². The van der Waals surface area contributed by atoms with Gasteiger partial charge in [0.2, 0.25) is 0 Å². The molecular weight excluding hydrogens is 286 g/mol. The molecule has 1 aromatic rings. The highest BCUT2D eigenvalue weighted by Crippen LogP contribution is 2.19. The van der Waals surface area contributed by atoms with Crippen LogP contribution in [0.25, 0.3) is 0 Å². The minimum absolute atomic E-state index is 0.0865. The zero-order valence-corrected chi connectivity index (χ0v) is 13.3. The Morgan fingerprint density at radius 2 is 2.14 bits per heavy atom. The van der Waals surface area contributed by atoms with Crippen molar-refractivity contribution in [1.82, 2.24) is 14.7 Å². The third kappa shape index (κ3) is 3.47. The quantitative estimate of drug-likeness (QED) is 0.884. The molecule has 22 heavy (non-hydrogen) atoms. The Bertz CT molecular complexity index is 567. The summed E-state index contributed by atoms with van der Waals surface area (Å²) in [4.78, 5) is 25.2. The van der Waals surface area contributed by atoms with Gasteiger partial charge in [0.1, 0.15) is 0 Å². The number of nitrogens with zero attached hydrogens (tertiary/aromatic N) is 3. The minimum atomic E-state index is -0.914. The summed E-state index contributed by atoms with van der Waals surface area (Å²) in [5.41, 5.74) is 2.22. The van der Waals surface area contributed by atoms with Crippen molar-refractivity contribution in [1.29, 1.82) is 0 Å². The van der Waals surface area contributed by atoms with Crippen LogP contribution in [0.1, 0.15) is 41.5 Å². The van der Waals surface area contributed by atoms with Crippen LogP contribution in [-0.2, 0) is 16.1 Å². The highest BCUT2D eigenvalue weighted by atomic mass is 16.5. The molecule has 1 aliphatic heterocycles. The molecule has 7 nitrogen and oxygen atoms in total. The summed E-state index contributed by atoms with van der Waals surface area (Å²) in [6.45, 7) is 7.74. The van der Waals surface area contributed by atoms with Crippen molar-refractivity contribution >= 4 is 11.9 Å². The summed E-state index contributed by atoms with van der Waals surface area (Å²) in [5.74, 6) is -1.00. The fraction of sp³-hybridized carbons (Fsp3) is 0.667. The van der Waals surface area contributed by atoms with E-state index in [4.69, 9.17) is 9.84 Å². The lowest BCUT2D eigenvalue weighted by Crippen LogP contribution is -2.46. The summed E-state index contributed by atoms with van der Waals surface area (Å²) in [6.07, 6.45) is 0.423. The number of aryl methyl sites for hydroxylation is 2. The molecule has 2 rings (SSSR count). The highest BCUT2D eigenvalue weighted by molar-refractivity contribution is 5.96. The fourth-order valence-electron chi connectivity index (χ4n) is 2.82. The number of aromatic nitrogens is 2. The van der Waals surface area contributed by atoms with Crippen molar-refractivity contribution in [3.63, 3.8) is 0 Å². The van der Waals surface area contributed by atoms with E-state index < -0.39 is 12.1 Å². The number of carbonyl (C=O) groups is 2. The van der Waals surface area contributed by atoms with Crippen molar-refractivity contribution in [3.05, 3.63) is 17.0 Å². The van der Waals surface area contributed by atoms with Gasteiger partial charge in [0.15, 0.2) is 0 Å². The van der Waals surface area contributed by atoms with Gasteiger partial charge in [0.05, 0.1) is 30.4 Å². The average Bonchev–Trinajstić information content (AvgIpc) is 2.73. The molecule has 1 N–H and O–H groups in total. The number of hydrogen-bond acceptors (Lipinski definition) is 4. The molecule has 0 spiro atoms. The average molecular weight is 309 g/mol. The van der Waals surface area contributed by atoms with Gasteiger partial charge in [0, 0.05) is 25.3 Å². The van der Waals surface area contributed by atoms with Crippen molar-refractivity contribution in [2.45, 2.75) is 46.3 Å². The molecule has 0 saturated carbocycles. The van der Waals surface area contributed by atoms with Crippen molar-refractivity contribution < 1.29 is 19.4 Å². The lowest BCUT2D eigenvalue weighted by Gasteiger charge is -2.32. The molecule has 1 saturated heterocycles. The zero-order valence-electron chi connectivity index (χ0n) is 13.3. The number of morpholine rings is 1. The molecule has 0 aliphatic carbocycles. The first-order chi connectivity index (χ1) is 10.4. The van der Waals surface area contributed by atoms with Gasteiger partial charge in [0.25, 0.3) is 5.91 Å². The number of carbonyl (C=O) groups excluding carboxylic acids is 1. The second-order valence-corrected chi connectivity index (χ2v) is 5.61. The van der Waals surface area contributed by atoms with Crippen molar-refractivity contribution in [2.24, 2.45) is 0 Å². The standard InChI is InChI=1S/C15H23N3O4/c1-4-5-18-11(3)14(10(2)16-18)15(21)17-6-7-22-12(9-17)8-13(19)20/h12H,4-9H2,1-3H3,(H,19,20). The fourth-order valence-corrected chi connectivity index (χ4v) is 2.82. The monoisotopic (exact) mass is 309 g/mol. The molecular formula is C15H23N3O4. The number of hydrogen-bond donors (Lipinski definition) is 1. The Kier molecular flexibility index (Phi) is 5.18. The molecule has 0 aromatic carbocycles. The normalized spacial score (nSPS) is 18.5. The summed E-state index contributed by atoms with van der Waals surface area (Å²) >= 11 is 0. The van der Waals surface area contributed by atoms with E-state index in [2.05, 4.69) is 12.0 Å². The third-order valence-electron chi connectivity index (χ3n) is 3.86. The number of amides is 1. The third-order valence-corrected chi connectivity index (χ3v) is 3.86. The molecule has 1 aliphatic rings. The predicted octanol–water partition coefficient (Wildman–Crippen LogP) is 1.23. The summed E-state index contributed by atoms with van der Waals surface area (Å²) < 4.78 is 7.27. The van der Waals surface area contributed by atoms with E-state index in [1.807, 2.05) is 18.5 Å². The predicted molar refractivity (Wildman–Crippen MR) is 79.9 cm³/mol. The van der Waals surface area contributed by atoms with Gasteiger partial charge in [-0.3, -0.25) is 14.3 Å². The second kappa shape index (κ2) is 6.91. The molecule has 122 valence electrons. The van der Waals surface area contributed by atoms with E-state index in [-0.39, 0.29) is 12.3 Å². The Morgan fingerprint density at radius 3 is 2.77 bits per heavy atom. The Morgan fingerprint density at radius 1 is 1.41 bits per heavy atom. The molecule has 1 unspecified atom stereocenters. The lowest BCUT2D eigenvalue weighted by molar-refractivity contribution is -0.141. The van der Waals surface area contributed by atoms with E-state index in [1.165, 1.54) is 0 Å². The van der Waals surface area contributed by atoms with Gasteiger partial charge in [-0.1, -0.05) is 6.92 Å². The van der Waals surface area contributed by atoms with E-state index in [9.17, 15) is 9.59 Å². The van der Waals surface area contributed by atoms with Crippen molar-refractivity contribution in [2.75, 3.05) is 19.7 Å². The van der Waals surface area contributed by atoms with Gasteiger partial charge in [-0.25, -0.2) is 0 Å². The summed E-state index contributed by atoms with van der Waals surface area (Å²) in [7, 11) is 0. The van der Waals surface area contributed by atoms with E-state index in [0.717, 1.165) is 24.4 Å². The number of aliphatic carboxylic acids is 1. The first-order valence-corrected chi connectivity index (χ1v) is 7.60. The first-order valence-electron chi connectivity index (χ1n) is 7.60. The summed E-state index contributed by atoms with van der Waals surface area (Å²) in [5, 5.41) is 13.3. The number of carboxylic acids is 1. The van der Waals surface area contributed by atoms with Crippen LogP contribution < -0.4 is 0 Å². The van der Waals surface area contributed by atoms with Crippen LogP contribution >= 0.6 is 0 Å². The lowest BCUT2D eigenvalue weighted by atomic mass is 10.1. The van der Waals surface area contributed by atoms with Crippen LogP contribution in [0.3, 0.4) is 0 Å². The van der Waals surface area contributed by atoms with Crippen molar-refractivity contribution in [3.8, 4) is 0 Å². The molecule has 7 heteroatoms. The van der Waals surface area contributed by atoms with Gasteiger partial charge in [-0.15, -0.1) is 0 Å². The maximum absolute atomic E-state index is 12.8. The maximum Gasteiger partial charge on any atom is 0.306 e. The van der Waals surface area contributed by atoms with Gasteiger partial charge >= 0.3 is 5.97 Å². The topological polar surface area (TPSA) is 84.7 Å². The minimum Gasteiger partial charge on any atom is -0.481 e. The van der Waals surface area contributed by atoms with Gasteiger partial charge in [-0.2, -0.15) is 5.10 Å². The largest absolute Gasteiger partial charge is 0.481 e. The van der Waals surface area contributed by atoms with Crippen LogP contribution in [0.15, 0.2) is 0 Å². The molecule has 0 bridgehead atoms. The van der Waals surface area contributed by atoms with Crippen LogP contribution in [0.4, 0.5) is 0 Å². The SMILES string of the molecule is CCCn1nc(C)c(C(=O)N2CCOC(CC(=O)O)C2)c1C. The van der Waals surface area contributed by atoms with Crippen LogP contribution in [0.2, 0.25) is 0 Å². The number of carboxylic acid groups (broad SMARTS) is 1. The molecule has 0 radical (unpaired) electrons. The smallest absolute Gasteiger partial charge is 0.306 e. The maximum atomic E-state index is 12.8. The first kappa shape index (κ1) is 16.5. The number of rotatable bonds is 5. The molecule has 1 atom stereocenters. The highest BCUT2D eigenvalue weighted by Gasteiger charge is 2.29. The Balaban J connectivity index is 2.15. The Hall–Kier alpha value is -1.89. The van der Waals surface area contributed by atoms with E-state index in [0.29, 0.717) is 25.3 Å². The second-order valence-electron chi connectivity index (χ2n) is 5.61. The van der Waals surface area contributed by atoms with Crippen LogP contribution in [0, 0.1) is 13.8 Å². The Labute approximate surface area is 129 Å². The van der Waals surface area contributed by atoms with Crippen LogP contribution in [0.5, 0.6) is 0 Å². The van der Waals surface area contributed by atoms with Gasteiger partial charge < -0.3 is 14.7 Å². The molecule has 1 fully saturated rings. The van der Waals surface area contributed by atoms with Gasteiger partial charge in [-0.05, 0) is 20.3 Å². The van der Waals surface area contributed by atoms with E-state index in [1.54, 1.807) is 4.90 Å². The molecule has 1 amide bonds. The molecule has 2 heterocycles. The zero-order chi connectivity index (χ0) is 16.3. The molecule has 1 aromatic heterocycles. The summed E-state index contributed by atoms with van der Waals surface area (Å²) in [6, 6.07) is 0. The number of ether oxygens (including phenoxy) is 1.